The summed E-state index contributed by atoms with van der Waals surface area (Å²) < 4.78 is 204. The molecule has 0 radical (unpaired) electrons. The molecule has 7 rings (SSSR count). The molecule has 7 aromatic rings. The van der Waals surface area contributed by atoms with E-state index in [9.17, 15) is 118 Å². The fourth-order valence-electron chi connectivity index (χ4n) is 8.03. The number of hydrogen-bond donors (Lipinski definition) is 9. The van der Waals surface area contributed by atoms with Crippen LogP contribution in [0.5, 0.6) is 0 Å². The maximum absolute atomic E-state index is 14.0. The van der Waals surface area contributed by atoms with Crippen molar-refractivity contribution in [2.24, 2.45) is 0 Å². The number of alkyl halides is 9. The number of Topliss-reactive ketones (excluding diaryl/α,β-unsaturated/α-hetero) is 2. The molecule has 6 amide bonds. The molecule has 0 fully saturated rings. The number of rotatable bonds is 16. The number of ketones is 2. The minimum atomic E-state index is -5.22. The Morgan fingerprint density at radius 2 is 0.628 bits per heavy atom. The van der Waals surface area contributed by atoms with Gasteiger partial charge in [-0.25, -0.2) is 55.5 Å². The number of benzene rings is 7. The number of halogens is 19. The summed E-state index contributed by atoms with van der Waals surface area (Å²) in [7, 11) is 7.43. The van der Waals surface area contributed by atoms with E-state index >= 15 is 0 Å². The molecule has 0 aliphatic rings. The number of hydrogen-bond acceptors (Lipinski definition) is 17. The molecule has 0 unspecified atom stereocenters. The molecule has 25 nitrogen and oxygen atoms in total. The number of carbonyl (C=O) groups is 10. The number of nitrogens with zero attached hydrogens (tertiary/aromatic N) is 3. The number of para-hydroxylation sites is 1. The van der Waals surface area contributed by atoms with Crippen LogP contribution in [0.4, 0.5) is 110 Å². The number of aromatic carboxylic acids is 2. The number of carboxylic acids is 2. The molecule has 13 N–H and O–H groups in total. The first-order chi connectivity index (χ1) is 52.0. The number of anilines is 7. The number of hydroxylamine groups is 6. The monoisotopic (exact) mass is 1820 g/mol. The molecule has 0 aliphatic carbocycles. The van der Waals surface area contributed by atoms with Crippen LogP contribution in [0.25, 0.3) is 0 Å². The fraction of sp³-hybridized carbons (Fsp3) is 0.246. The topological polar surface area (TPSA) is 389 Å². The van der Waals surface area contributed by atoms with Crippen LogP contribution in [-0.4, -0.2) is 145 Å². The first-order valence-corrected chi connectivity index (χ1v) is 33.3. The molecule has 0 spiro atoms. The molecule has 44 heteroatoms. The fourth-order valence-corrected chi connectivity index (χ4v) is 9.32. The number of amides is 6. The van der Waals surface area contributed by atoms with Crippen molar-refractivity contribution in [1.82, 2.24) is 15.2 Å². The quantitative estimate of drug-likeness (QED) is 0.0188. The highest BCUT2D eigenvalue weighted by molar-refractivity contribution is 9.11. The molecule has 113 heavy (non-hydrogen) atoms. The maximum Gasteiger partial charge on any atom is 0.471 e. The number of carboxylic acid groups (broad SMARTS) is 2. The van der Waals surface area contributed by atoms with Crippen LogP contribution in [-0.2, 0) is 48.2 Å². The third-order valence-corrected chi connectivity index (χ3v) is 15.5. The summed E-state index contributed by atoms with van der Waals surface area (Å²) in [4.78, 5) is 125. The number of nitrogens with one attached hydrogen (secondary N) is 3. The number of aryl methyl sites for hydroxylation is 3. The zero-order valence-corrected chi connectivity index (χ0v) is 65.1. The Morgan fingerprint density at radius 1 is 0.372 bits per heavy atom. The second-order valence-corrected chi connectivity index (χ2v) is 24.6. The minimum absolute atomic E-state index is 0.0512. The van der Waals surface area contributed by atoms with Gasteiger partial charge in [0, 0.05) is 45.7 Å². The zero-order valence-electron chi connectivity index (χ0n) is 60.3. The smallest absolute Gasteiger partial charge is 0.471 e. The molecule has 0 saturated heterocycles. The summed E-state index contributed by atoms with van der Waals surface area (Å²) in [6.07, 6.45) is -14.1. The van der Waals surface area contributed by atoms with Crippen molar-refractivity contribution in [1.29, 1.82) is 0 Å². The van der Waals surface area contributed by atoms with Crippen LogP contribution in [0.1, 0.15) is 124 Å². The highest BCUT2D eigenvalue weighted by Crippen LogP contribution is 2.32. The summed E-state index contributed by atoms with van der Waals surface area (Å²) in [5.74, 6) is -18.7. The van der Waals surface area contributed by atoms with E-state index in [0.29, 0.717) is 49.5 Å². The largest absolute Gasteiger partial charge is 0.478 e. The van der Waals surface area contributed by atoms with Crippen molar-refractivity contribution in [3.05, 3.63) is 201 Å². The third-order valence-electron chi connectivity index (χ3n) is 14.1. The summed E-state index contributed by atoms with van der Waals surface area (Å²) in [6, 6.07) is 17.9. The van der Waals surface area contributed by atoms with Crippen molar-refractivity contribution in [3.8, 4) is 0 Å². The Labute approximate surface area is 656 Å². The number of nitrogens with two attached hydrogens (primary N) is 4. The number of nitrogen functional groups attached to an aromatic ring is 4. The molecular formula is C69H67Br3F16N10O15. The summed E-state index contributed by atoms with van der Waals surface area (Å²) >= 11 is 8.94. The van der Waals surface area contributed by atoms with Crippen LogP contribution in [0.3, 0.4) is 0 Å². The van der Waals surface area contributed by atoms with Gasteiger partial charge in [-0.15, -0.1) is 0 Å². The summed E-state index contributed by atoms with van der Waals surface area (Å²) in [5, 5.41) is 23.5. The molecule has 0 bridgehead atoms. The van der Waals surface area contributed by atoms with Crippen LogP contribution < -0.4 is 38.9 Å². The van der Waals surface area contributed by atoms with Crippen molar-refractivity contribution in [2.45, 2.75) is 72.4 Å². The zero-order chi connectivity index (χ0) is 87.6. The van der Waals surface area contributed by atoms with Gasteiger partial charge in [-0.2, -0.15) is 39.5 Å². The lowest BCUT2D eigenvalue weighted by Crippen LogP contribution is -2.32. The first kappa shape index (κ1) is 100. The molecule has 0 heterocycles. The first-order valence-electron chi connectivity index (χ1n) is 30.9. The second-order valence-electron chi connectivity index (χ2n) is 21.8. The third kappa shape index (κ3) is 30.2. The molecule has 0 aliphatic heterocycles. The Bertz CT molecular complexity index is 4680. The van der Waals surface area contributed by atoms with Gasteiger partial charge in [0.25, 0.3) is 17.7 Å². The Balaban J connectivity index is 0.000000668. The maximum atomic E-state index is 14.0. The van der Waals surface area contributed by atoms with Gasteiger partial charge in [0.05, 0.1) is 89.0 Å². The van der Waals surface area contributed by atoms with E-state index in [4.69, 9.17) is 38.0 Å². The van der Waals surface area contributed by atoms with Gasteiger partial charge < -0.3 is 49.1 Å². The van der Waals surface area contributed by atoms with E-state index in [1.54, 1.807) is 19.9 Å². The van der Waals surface area contributed by atoms with Crippen LogP contribution in [0.15, 0.2) is 104 Å². The molecule has 616 valence electrons. The molecular weight excluding hydrogens is 1750 g/mol. The predicted octanol–water partition coefficient (Wildman–Crippen LogP) is 15.3. The Hall–Kier alpha value is -11.0. The lowest BCUT2D eigenvalue weighted by atomic mass is 10.0. The van der Waals surface area contributed by atoms with Gasteiger partial charge in [0.1, 0.15) is 40.7 Å². The molecule has 0 aromatic heterocycles. The van der Waals surface area contributed by atoms with Crippen LogP contribution in [0.2, 0.25) is 0 Å². The lowest BCUT2D eigenvalue weighted by molar-refractivity contribution is -0.167. The average Bonchev–Trinajstić information content (AvgIpc) is 0.812. The van der Waals surface area contributed by atoms with Gasteiger partial charge >= 0.3 is 48.2 Å². The van der Waals surface area contributed by atoms with Crippen molar-refractivity contribution in [2.75, 3.05) is 81.4 Å². The van der Waals surface area contributed by atoms with Gasteiger partial charge in [-0.05, 0) is 135 Å². The van der Waals surface area contributed by atoms with Crippen molar-refractivity contribution >= 4 is 147 Å². The van der Waals surface area contributed by atoms with Gasteiger partial charge in [0.2, 0.25) is 0 Å². The van der Waals surface area contributed by atoms with Gasteiger partial charge in [0.15, 0.2) is 11.6 Å². The second kappa shape index (κ2) is 44.3. The van der Waals surface area contributed by atoms with E-state index in [-0.39, 0.29) is 60.8 Å². The summed E-state index contributed by atoms with van der Waals surface area (Å²) in [6.45, 7) is 7.74. The van der Waals surface area contributed by atoms with Crippen molar-refractivity contribution in [3.63, 3.8) is 0 Å². The van der Waals surface area contributed by atoms with E-state index in [2.05, 4.69) is 57.5 Å². The van der Waals surface area contributed by atoms with Gasteiger partial charge in [-0.3, -0.25) is 52.9 Å². The van der Waals surface area contributed by atoms with E-state index < -0.39 is 141 Å². The van der Waals surface area contributed by atoms with Crippen molar-refractivity contribution < 1.29 is 143 Å². The van der Waals surface area contributed by atoms with Crippen LogP contribution >= 0.6 is 47.8 Å². The normalized spacial score (nSPS) is 10.6. The number of carbonyl (C=O) groups excluding carboxylic acids is 8. The Kier molecular flexibility index (Phi) is 39.2. The van der Waals surface area contributed by atoms with E-state index in [1.165, 1.54) is 99.7 Å². The van der Waals surface area contributed by atoms with Gasteiger partial charge in [-0.1, -0.05) is 74.6 Å². The van der Waals surface area contributed by atoms with Crippen LogP contribution in [0, 0.1) is 40.7 Å². The Morgan fingerprint density at radius 3 is 0.956 bits per heavy atom. The lowest BCUT2D eigenvalue weighted by Gasteiger charge is -2.18. The highest BCUT2D eigenvalue weighted by atomic mass is 79.9. The highest BCUT2D eigenvalue weighted by Gasteiger charge is 2.42. The standard InChI is InChI=1S/C13H14F4N2O3.C12H11F4NO2.C11H9BrF4N2O3.C10H12FNO.C9H10BrFN2O2.C7H5BrFNO2.C7H6FNO2/c1-4-7-5-8(11(20)19(2)22-3)10(9(14)6-7)18-12(21)13(15,16)17;1-3-7-4-8(6(2)18)10(9(13)5-7)17-11(19)12(14,15)16;1-18(21-2)9(19)6-3-5(12)4-7(13)8(6)17-10(20)11(14,15)16;1-3-7-4-8(6(2)13)10(12)9(11)5-7;1-13(15-2)9(14)6-3-5(10)4-7(11)8(6)12;8-3-1-4(7(11)12)6(10)5(9)2-3;8-5-3-1-2-4(6(5)9)7(10)11/h5-6H,4H2,1-3H3,(H,18,21);4-5H,3H2,1-2H3,(H,17,19);3-4H,1-2H3,(H,17,20);4-5H,3,12H2,1-2H3;3-4H,12H2,1-2H3;1-2H,10H2,(H,11,12);1-3H,9H2,(H,10,11). The molecule has 0 saturated carbocycles. The molecule has 7 aromatic carbocycles. The minimum Gasteiger partial charge on any atom is -0.478 e. The summed E-state index contributed by atoms with van der Waals surface area (Å²) in [5.41, 5.74) is 18.1. The SMILES string of the molecule is CCc1cc(F)c(N)c(C(C)=O)c1.CCc1cc(F)c(NC(=O)C(F)(F)F)c(C(=O)N(C)OC)c1.CCc1cc(F)c(NC(=O)C(F)(F)F)c(C(C)=O)c1.CON(C)C(=O)c1cc(Br)cc(F)c1N.CON(C)C(=O)c1cc(Br)cc(F)c1NC(=O)C(F)(F)F.Nc1c(F)cc(Br)cc1C(=O)O.Nc1c(F)cccc1C(=O)O. The van der Waals surface area contributed by atoms with E-state index in [0.717, 1.165) is 68.2 Å². The van der Waals surface area contributed by atoms with E-state index in [1.807, 2.05) is 6.92 Å². The predicted molar refractivity (Wildman–Crippen MR) is 389 cm³/mol. The molecule has 0 atom stereocenters. The average molecular weight is 1820 g/mol.